The van der Waals surface area contributed by atoms with Crippen molar-refractivity contribution in [2.75, 3.05) is 0 Å². The van der Waals surface area contributed by atoms with E-state index in [0.717, 1.165) is 42.6 Å². The molecule has 2 N–H and O–H groups in total. The Labute approximate surface area is 174 Å². The molecular formula is C26H32N2O. The van der Waals surface area contributed by atoms with Gasteiger partial charge in [-0.3, -0.25) is 4.79 Å². The molecule has 0 spiro atoms. The van der Waals surface area contributed by atoms with Crippen molar-refractivity contribution >= 4 is 5.91 Å². The van der Waals surface area contributed by atoms with Crippen molar-refractivity contribution in [3.8, 4) is 11.1 Å². The van der Waals surface area contributed by atoms with E-state index in [9.17, 15) is 4.79 Å². The van der Waals surface area contributed by atoms with Gasteiger partial charge in [-0.05, 0) is 49.8 Å². The van der Waals surface area contributed by atoms with Crippen molar-refractivity contribution in [3.05, 3.63) is 82.7 Å². The van der Waals surface area contributed by atoms with Crippen molar-refractivity contribution in [2.45, 2.75) is 59.4 Å². The van der Waals surface area contributed by atoms with Crippen LogP contribution >= 0.6 is 0 Å². The molecule has 152 valence electrons. The Bertz CT molecular complexity index is 970. The Kier molecular flexibility index (Phi) is 6.92. The summed E-state index contributed by atoms with van der Waals surface area (Å²) >= 11 is 0. The van der Waals surface area contributed by atoms with E-state index >= 15 is 0 Å². The zero-order valence-corrected chi connectivity index (χ0v) is 17.9. The second-order valence-electron chi connectivity index (χ2n) is 7.81. The fourth-order valence-electron chi connectivity index (χ4n) is 4.23. The Balaban J connectivity index is 2.11. The summed E-state index contributed by atoms with van der Waals surface area (Å²) in [5.74, 6) is -0.337. The molecule has 3 nitrogen and oxygen atoms in total. The summed E-state index contributed by atoms with van der Waals surface area (Å²) in [6.07, 6.45) is 5.36. The summed E-state index contributed by atoms with van der Waals surface area (Å²) in [5, 5.41) is 0. The highest BCUT2D eigenvalue weighted by Crippen LogP contribution is 2.35. The monoisotopic (exact) mass is 388 g/mol. The summed E-state index contributed by atoms with van der Waals surface area (Å²) in [6, 6.07) is 18.8. The molecule has 0 saturated carbocycles. The lowest BCUT2D eigenvalue weighted by Crippen LogP contribution is -2.14. The Morgan fingerprint density at radius 3 is 2.28 bits per heavy atom. The van der Waals surface area contributed by atoms with Crippen molar-refractivity contribution < 1.29 is 4.79 Å². The molecule has 2 aromatic carbocycles. The topological polar surface area (TPSA) is 48.0 Å². The molecule has 0 aliphatic rings. The van der Waals surface area contributed by atoms with Gasteiger partial charge in [0.15, 0.2) is 0 Å². The number of carbonyl (C=O) groups excluding carboxylic acids is 1. The van der Waals surface area contributed by atoms with Crippen LogP contribution in [0.5, 0.6) is 0 Å². The molecule has 0 fully saturated rings. The van der Waals surface area contributed by atoms with Crippen LogP contribution in [-0.2, 0) is 19.4 Å². The van der Waals surface area contributed by atoms with Gasteiger partial charge in [0.25, 0.3) is 5.91 Å². The second-order valence-corrected chi connectivity index (χ2v) is 7.81. The molecule has 3 heteroatoms. The van der Waals surface area contributed by atoms with Gasteiger partial charge in [0.2, 0.25) is 0 Å². The lowest BCUT2D eigenvalue weighted by Gasteiger charge is -2.14. The van der Waals surface area contributed by atoms with Crippen LogP contribution in [0.15, 0.2) is 54.6 Å². The number of hydrogen-bond donors (Lipinski definition) is 1. The van der Waals surface area contributed by atoms with Gasteiger partial charge in [0, 0.05) is 23.5 Å². The zero-order chi connectivity index (χ0) is 20.8. The largest absolute Gasteiger partial charge is 0.366 e. The first-order chi connectivity index (χ1) is 14.0. The summed E-state index contributed by atoms with van der Waals surface area (Å²) < 4.78 is 2.34. The third-order valence-corrected chi connectivity index (χ3v) is 5.78. The molecule has 0 unspecified atom stereocenters. The third kappa shape index (κ3) is 4.61. The predicted molar refractivity (Wildman–Crippen MR) is 121 cm³/mol. The minimum absolute atomic E-state index is 0.337. The van der Waals surface area contributed by atoms with E-state index in [2.05, 4.69) is 54.8 Å². The van der Waals surface area contributed by atoms with E-state index in [4.69, 9.17) is 5.73 Å². The molecule has 3 rings (SSSR count). The number of amides is 1. The highest BCUT2D eigenvalue weighted by Gasteiger charge is 2.25. The lowest BCUT2D eigenvalue weighted by atomic mass is 9.94. The smallest absolute Gasteiger partial charge is 0.251 e. The number of rotatable bonds is 9. The van der Waals surface area contributed by atoms with Crippen molar-refractivity contribution in [3.63, 3.8) is 0 Å². The van der Waals surface area contributed by atoms with Gasteiger partial charge in [0.1, 0.15) is 0 Å². The van der Waals surface area contributed by atoms with Crippen LogP contribution in [0.4, 0.5) is 0 Å². The number of aryl methyl sites for hydroxylation is 2. The van der Waals surface area contributed by atoms with Crippen LogP contribution < -0.4 is 5.73 Å². The van der Waals surface area contributed by atoms with Crippen LogP contribution in [0, 0.1) is 13.8 Å². The lowest BCUT2D eigenvalue weighted by molar-refractivity contribution is 0.1000. The number of primary amides is 1. The SMILES string of the molecule is CCCCCc1c(-c2ccccc2C)c(C(N)=O)c(C)n1CCc1ccccc1. The minimum Gasteiger partial charge on any atom is -0.366 e. The minimum atomic E-state index is -0.337. The van der Waals surface area contributed by atoms with Crippen LogP contribution in [0.3, 0.4) is 0 Å². The summed E-state index contributed by atoms with van der Waals surface area (Å²) in [7, 11) is 0. The number of nitrogens with two attached hydrogens (primary N) is 1. The quantitative estimate of drug-likeness (QED) is 0.460. The Hall–Kier alpha value is -2.81. The molecule has 1 amide bonds. The summed E-state index contributed by atoms with van der Waals surface area (Å²) in [4.78, 5) is 12.5. The highest BCUT2D eigenvalue weighted by molar-refractivity contribution is 6.02. The average Bonchev–Trinajstić information content (AvgIpc) is 2.99. The first kappa shape index (κ1) is 20.9. The number of unbranched alkanes of at least 4 members (excludes halogenated alkanes) is 2. The zero-order valence-electron chi connectivity index (χ0n) is 17.9. The number of nitrogens with zero attached hydrogens (tertiary/aromatic N) is 1. The number of aromatic nitrogens is 1. The number of carbonyl (C=O) groups is 1. The van der Waals surface area contributed by atoms with Gasteiger partial charge < -0.3 is 10.3 Å². The molecule has 0 saturated heterocycles. The number of hydrogen-bond acceptors (Lipinski definition) is 1. The first-order valence-corrected chi connectivity index (χ1v) is 10.7. The summed E-state index contributed by atoms with van der Waals surface area (Å²) in [5.41, 5.74) is 13.4. The molecule has 1 aromatic heterocycles. The van der Waals surface area contributed by atoms with Gasteiger partial charge >= 0.3 is 0 Å². The van der Waals surface area contributed by atoms with Crippen LogP contribution in [0.25, 0.3) is 11.1 Å². The van der Waals surface area contributed by atoms with E-state index in [-0.39, 0.29) is 5.91 Å². The van der Waals surface area contributed by atoms with Gasteiger partial charge in [0.05, 0.1) is 5.56 Å². The molecule has 0 aliphatic heterocycles. The predicted octanol–water partition coefficient (Wildman–Crippen LogP) is 5.85. The third-order valence-electron chi connectivity index (χ3n) is 5.78. The van der Waals surface area contributed by atoms with E-state index in [0.29, 0.717) is 5.56 Å². The van der Waals surface area contributed by atoms with Crippen molar-refractivity contribution in [1.29, 1.82) is 0 Å². The fourth-order valence-corrected chi connectivity index (χ4v) is 4.23. The van der Waals surface area contributed by atoms with Crippen molar-refractivity contribution in [1.82, 2.24) is 4.57 Å². The number of benzene rings is 2. The molecule has 0 radical (unpaired) electrons. The molecule has 29 heavy (non-hydrogen) atoms. The highest BCUT2D eigenvalue weighted by atomic mass is 16.1. The molecule has 0 atom stereocenters. The van der Waals surface area contributed by atoms with Gasteiger partial charge in [-0.2, -0.15) is 0 Å². The molecule has 0 bridgehead atoms. The van der Waals surface area contributed by atoms with E-state index in [1.54, 1.807) is 0 Å². The maximum Gasteiger partial charge on any atom is 0.251 e. The fraction of sp³-hybridized carbons (Fsp3) is 0.346. The van der Waals surface area contributed by atoms with Crippen molar-refractivity contribution in [2.24, 2.45) is 5.73 Å². The van der Waals surface area contributed by atoms with Crippen LogP contribution in [-0.4, -0.2) is 10.5 Å². The van der Waals surface area contributed by atoms with Crippen LogP contribution in [0.2, 0.25) is 0 Å². The average molecular weight is 389 g/mol. The molecule has 0 aliphatic carbocycles. The summed E-state index contributed by atoms with van der Waals surface area (Å²) in [6.45, 7) is 7.21. The molecular weight excluding hydrogens is 356 g/mol. The maximum atomic E-state index is 12.5. The van der Waals surface area contributed by atoms with E-state index in [1.807, 2.05) is 25.1 Å². The van der Waals surface area contributed by atoms with Gasteiger partial charge in [-0.25, -0.2) is 0 Å². The maximum absolute atomic E-state index is 12.5. The van der Waals surface area contributed by atoms with Gasteiger partial charge in [-0.1, -0.05) is 74.4 Å². The first-order valence-electron chi connectivity index (χ1n) is 10.7. The Morgan fingerprint density at radius 2 is 1.62 bits per heavy atom. The normalized spacial score (nSPS) is 11.0. The molecule has 1 heterocycles. The Morgan fingerprint density at radius 1 is 0.931 bits per heavy atom. The van der Waals surface area contributed by atoms with Gasteiger partial charge in [-0.15, -0.1) is 0 Å². The van der Waals surface area contributed by atoms with E-state index in [1.165, 1.54) is 29.7 Å². The van der Waals surface area contributed by atoms with Crippen LogP contribution in [0.1, 0.15) is 59.1 Å². The standard InChI is InChI=1S/C26H32N2O/c1-4-5-7-16-23-25(22-15-11-10-12-19(22)2)24(26(27)29)20(3)28(23)18-17-21-13-8-6-9-14-21/h6,8-15H,4-5,7,16-18H2,1-3H3,(H2,27,29). The molecule has 3 aromatic rings. The van der Waals surface area contributed by atoms with E-state index < -0.39 is 0 Å². The second kappa shape index (κ2) is 9.60.